The molecule has 1 aromatic rings. The summed E-state index contributed by atoms with van der Waals surface area (Å²) in [4.78, 5) is 71.3. The summed E-state index contributed by atoms with van der Waals surface area (Å²) in [7, 11) is 6.34. The lowest BCUT2D eigenvalue weighted by molar-refractivity contribution is -0.147. The fraction of sp³-hybridized carbons (Fsp3) is 0.725. The Labute approximate surface area is 312 Å². The maximum absolute atomic E-state index is 14.2. The smallest absolute Gasteiger partial charge is 0.328 e. The lowest BCUT2D eigenvalue weighted by Gasteiger charge is -2.41. The molecule has 0 saturated carbocycles. The van der Waals surface area contributed by atoms with Gasteiger partial charge >= 0.3 is 5.97 Å². The van der Waals surface area contributed by atoms with Crippen molar-refractivity contribution in [3.63, 3.8) is 0 Å². The number of amides is 4. The first-order chi connectivity index (χ1) is 24.5. The molecule has 0 bridgehead atoms. The maximum atomic E-state index is 14.2. The van der Waals surface area contributed by atoms with Crippen molar-refractivity contribution in [2.45, 2.75) is 130 Å². The van der Waals surface area contributed by atoms with Crippen molar-refractivity contribution in [3.8, 4) is 0 Å². The molecule has 52 heavy (non-hydrogen) atoms. The third-order valence-electron chi connectivity index (χ3n) is 11.1. The molecule has 0 radical (unpaired) electrons. The SMILES string of the molecule is CC[C@H](CC(=O)N1CCC[C@H]1[C@H](OC)[C@@H](C)C(=O)N[C@@H](Cc1ccccc1)C(=O)OC)[C@H]([C@@H](C)CC)N(C)C(=O)[C@@H](NC(=O)C(C)(C)NC)C(C)C. The Bertz CT molecular complexity index is 1320. The molecule has 1 aliphatic heterocycles. The Balaban J connectivity index is 2.28. The van der Waals surface area contributed by atoms with E-state index in [-0.39, 0.29) is 66.3 Å². The quantitative estimate of drug-likeness (QED) is 0.171. The lowest BCUT2D eigenvalue weighted by atomic mass is 9.82. The van der Waals surface area contributed by atoms with Gasteiger partial charge in [0, 0.05) is 39.6 Å². The average Bonchev–Trinajstić information content (AvgIpc) is 3.62. The molecule has 12 nitrogen and oxygen atoms in total. The Hall–Kier alpha value is -3.51. The van der Waals surface area contributed by atoms with Gasteiger partial charge in [0.15, 0.2) is 0 Å². The molecule has 1 heterocycles. The number of benzene rings is 1. The van der Waals surface area contributed by atoms with Gasteiger partial charge < -0.3 is 35.2 Å². The fourth-order valence-electron chi connectivity index (χ4n) is 7.34. The van der Waals surface area contributed by atoms with Crippen LogP contribution in [-0.2, 0) is 39.9 Å². The first kappa shape index (κ1) is 44.7. The number of carbonyl (C=O) groups is 5. The molecule has 2 rings (SSSR count). The number of methoxy groups -OCH3 is 2. The zero-order valence-electron chi connectivity index (χ0n) is 33.8. The van der Waals surface area contributed by atoms with Crippen molar-refractivity contribution in [2.24, 2.45) is 23.7 Å². The number of hydrogen-bond donors (Lipinski definition) is 3. The number of hydrogen-bond acceptors (Lipinski definition) is 8. The minimum absolute atomic E-state index is 0.0424. The second-order valence-corrected chi connectivity index (χ2v) is 15.3. The molecule has 1 aromatic carbocycles. The molecule has 1 fully saturated rings. The van der Waals surface area contributed by atoms with Crippen LogP contribution in [-0.4, -0.2) is 110 Å². The molecule has 0 spiro atoms. The second-order valence-electron chi connectivity index (χ2n) is 15.3. The van der Waals surface area contributed by atoms with Gasteiger partial charge in [0.05, 0.1) is 30.7 Å². The van der Waals surface area contributed by atoms with E-state index in [9.17, 15) is 24.0 Å². The van der Waals surface area contributed by atoms with Gasteiger partial charge in [-0.05, 0) is 57.1 Å². The van der Waals surface area contributed by atoms with Crippen LogP contribution < -0.4 is 16.0 Å². The minimum atomic E-state index is -0.873. The van der Waals surface area contributed by atoms with E-state index < -0.39 is 35.6 Å². The molecule has 3 N–H and O–H groups in total. The zero-order valence-corrected chi connectivity index (χ0v) is 33.8. The van der Waals surface area contributed by atoms with Crippen LogP contribution in [0, 0.1) is 23.7 Å². The lowest BCUT2D eigenvalue weighted by Crippen LogP contribution is -2.60. The van der Waals surface area contributed by atoms with Crippen molar-refractivity contribution in [1.29, 1.82) is 0 Å². The third-order valence-corrected chi connectivity index (χ3v) is 11.1. The van der Waals surface area contributed by atoms with E-state index in [4.69, 9.17) is 9.47 Å². The largest absolute Gasteiger partial charge is 0.467 e. The number of nitrogens with one attached hydrogen (secondary N) is 3. The molecule has 12 heteroatoms. The van der Waals surface area contributed by atoms with Crippen LogP contribution in [0.25, 0.3) is 0 Å². The Kier molecular flexibility index (Phi) is 17.7. The number of likely N-dealkylation sites (N-methyl/N-ethyl adjacent to an activating group) is 2. The van der Waals surface area contributed by atoms with Crippen LogP contribution in [0.5, 0.6) is 0 Å². The number of ether oxygens (including phenoxy) is 2. The summed E-state index contributed by atoms with van der Waals surface area (Å²) in [6.45, 7) is 15.9. The van der Waals surface area contributed by atoms with Crippen LogP contribution in [0.4, 0.5) is 0 Å². The van der Waals surface area contributed by atoms with Gasteiger partial charge in [-0.15, -0.1) is 0 Å². The predicted octanol–water partition coefficient (Wildman–Crippen LogP) is 3.96. The third kappa shape index (κ3) is 11.5. The van der Waals surface area contributed by atoms with Gasteiger partial charge in [0.2, 0.25) is 23.6 Å². The predicted molar refractivity (Wildman–Crippen MR) is 203 cm³/mol. The van der Waals surface area contributed by atoms with Crippen molar-refractivity contribution in [2.75, 3.05) is 34.9 Å². The van der Waals surface area contributed by atoms with Gasteiger partial charge in [0.1, 0.15) is 12.1 Å². The van der Waals surface area contributed by atoms with Gasteiger partial charge in [-0.1, -0.05) is 84.7 Å². The summed E-state index contributed by atoms with van der Waals surface area (Å²) in [5.41, 5.74) is 0.0355. The molecule has 8 atom stereocenters. The van der Waals surface area contributed by atoms with Crippen LogP contribution in [0.15, 0.2) is 30.3 Å². The normalized spacial score (nSPS) is 18.8. The molecule has 0 aromatic heterocycles. The zero-order chi connectivity index (χ0) is 39.3. The molecule has 4 amide bonds. The summed E-state index contributed by atoms with van der Waals surface area (Å²) >= 11 is 0. The summed E-state index contributed by atoms with van der Waals surface area (Å²) < 4.78 is 10.9. The molecular weight excluding hydrogens is 662 g/mol. The topological polar surface area (TPSA) is 146 Å². The molecule has 294 valence electrons. The number of esters is 1. The molecule has 1 aliphatic rings. The van der Waals surface area contributed by atoms with Crippen molar-refractivity contribution < 1.29 is 33.4 Å². The van der Waals surface area contributed by atoms with E-state index in [1.54, 1.807) is 46.9 Å². The summed E-state index contributed by atoms with van der Waals surface area (Å²) in [6, 6.07) is 7.24. The van der Waals surface area contributed by atoms with E-state index in [0.717, 1.165) is 18.4 Å². The fourth-order valence-corrected chi connectivity index (χ4v) is 7.34. The van der Waals surface area contributed by atoms with E-state index >= 15 is 0 Å². The number of carbonyl (C=O) groups excluding carboxylic acids is 5. The summed E-state index contributed by atoms with van der Waals surface area (Å²) in [5.74, 6) is -2.24. The van der Waals surface area contributed by atoms with Crippen LogP contribution in [0.2, 0.25) is 0 Å². The summed E-state index contributed by atoms with van der Waals surface area (Å²) in [5, 5.41) is 8.86. The van der Waals surface area contributed by atoms with Crippen LogP contribution in [0.1, 0.15) is 93.1 Å². The Morgan fingerprint density at radius 3 is 2.13 bits per heavy atom. The van der Waals surface area contributed by atoms with E-state index in [1.165, 1.54) is 7.11 Å². The highest BCUT2D eigenvalue weighted by Gasteiger charge is 2.43. The van der Waals surface area contributed by atoms with E-state index in [1.807, 2.05) is 56.0 Å². The van der Waals surface area contributed by atoms with Crippen LogP contribution in [0.3, 0.4) is 0 Å². The Morgan fingerprint density at radius 2 is 1.62 bits per heavy atom. The first-order valence-corrected chi connectivity index (χ1v) is 19.0. The van der Waals surface area contributed by atoms with Crippen molar-refractivity contribution >= 4 is 29.6 Å². The van der Waals surface area contributed by atoms with Gasteiger partial charge in [0.25, 0.3) is 0 Å². The van der Waals surface area contributed by atoms with Crippen molar-refractivity contribution in [1.82, 2.24) is 25.8 Å². The Morgan fingerprint density at radius 1 is 0.981 bits per heavy atom. The number of rotatable bonds is 20. The number of nitrogens with zero attached hydrogens (tertiary/aromatic N) is 2. The standard InChI is InChI=1S/C40H67N5O7/c1-13-26(5)34(44(10)37(48)33(25(3)4)43-39(50)40(7,8)41-9)29(14-2)24-32(46)45-22-18-21-31(45)35(51-11)27(6)36(47)42-30(38(49)52-12)23-28-19-16-15-17-20-28/h15-17,19-20,25-27,29-31,33-35,41H,13-14,18,21-24H2,1-12H3,(H,42,47)(H,43,50)/t26-,27+,29+,30-,31-,33-,34-,35+/m0/s1. The summed E-state index contributed by atoms with van der Waals surface area (Å²) in [6.07, 6.45) is 2.83. The van der Waals surface area contributed by atoms with Gasteiger partial charge in [-0.25, -0.2) is 4.79 Å². The second kappa shape index (κ2) is 20.7. The average molecular weight is 730 g/mol. The first-order valence-electron chi connectivity index (χ1n) is 19.0. The minimum Gasteiger partial charge on any atom is -0.467 e. The molecule has 0 aliphatic carbocycles. The molecular formula is C40H67N5O7. The van der Waals surface area contributed by atoms with Gasteiger partial charge in [-0.3, -0.25) is 19.2 Å². The highest BCUT2D eigenvalue weighted by molar-refractivity contribution is 5.92. The van der Waals surface area contributed by atoms with Crippen molar-refractivity contribution in [3.05, 3.63) is 35.9 Å². The van der Waals surface area contributed by atoms with E-state index in [0.29, 0.717) is 19.4 Å². The highest BCUT2D eigenvalue weighted by Crippen LogP contribution is 2.32. The highest BCUT2D eigenvalue weighted by atomic mass is 16.5. The monoisotopic (exact) mass is 730 g/mol. The molecule has 1 saturated heterocycles. The molecule has 0 unspecified atom stereocenters. The van der Waals surface area contributed by atoms with E-state index in [2.05, 4.69) is 29.8 Å². The maximum Gasteiger partial charge on any atom is 0.328 e. The number of likely N-dealkylation sites (tertiary alicyclic amines) is 1. The van der Waals surface area contributed by atoms with Crippen LogP contribution >= 0.6 is 0 Å². The van der Waals surface area contributed by atoms with Gasteiger partial charge in [-0.2, -0.15) is 0 Å².